The van der Waals surface area contributed by atoms with Crippen molar-refractivity contribution in [2.75, 3.05) is 9.80 Å². The summed E-state index contributed by atoms with van der Waals surface area (Å²) in [7, 11) is 0. The van der Waals surface area contributed by atoms with Gasteiger partial charge in [0.05, 0.1) is 38.7 Å². The molecular formula is C102H83BN4. The Labute approximate surface area is 640 Å². The highest BCUT2D eigenvalue weighted by atomic mass is 15.2. The summed E-state index contributed by atoms with van der Waals surface area (Å²) in [5.41, 5.74) is 27.1. The third-order valence-electron chi connectivity index (χ3n) is 22.1. The Morgan fingerprint density at radius 2 is 0.757 bits per heavy atom. The highest BCUT2D eigenvalue weighted by Gasteiger charge is 2.46. The second-order valence-corrected chi connectivity index (χ2v) is 31.9. The monoisotopic (exact) mass is 1380 g/mol. The highest BCUT2D eigenvalue weighted by Crippen LogP contribution is 2.55. The summed E-state index contributed by atoms with van der Waals surface area (Å²) in [5.74, 6) is 0. The number of benzene rings is 15. The van der Waals surface area contributed by atoms with Gasteiger partial charge in [-0.15, -0.1) is 0 Å². The summed E-state index contributed by atoms with van der Waals surface area (Å²) in [4.78, 5) is 5.01. The quantitative estimate of drug-likeness (QED) is 0.127. The van der Waals surface area contributed by atoms with Gasteiger partial charge in [0.1, 0.15) is 0 Å². The molecule has 0 fully saturated rings. The van der Waals surface area contributed by atoms with E-state index in [9.17, 15) is 8.22 Å². The lowest BCUT2D eigenvalue weighted by molar-refractivity contribution is 0.569. The molecule has 514 valence electrons. The van der Waals surface area contributed by atoms with Crippen molar-refractivity contribution in [1.82, 2.24) is 9.13 Å². The van der Waals surface area contributed by atoms with Crippen LogP contribution in [0.1, 0.15) is 90.0 Å². The average Bonchev–Trinajstić information content (AvgIpc) is 1.45. The first-order valence-corrected chi connectivity index (χ1v) is 37.2. The molecule has 2 aliphatic rings. The molecule has 0 saturated carbocycles. The molecule has 107 heavy (non-hydrogen) atoms. The molecule has 0 bridgehead atoms. The van der Waals surface area contributed by atoms with Crippen molar-refractivity contribution in [2.24, 2.45) is 0 Å². The number of para-hydroxylation sites is 4. The van der Waals surface area contributed by atoms with Crippen LogP contribution in [0.15, 0.2) is 340 Å². The van der Waals surface area contributed by atoms with Crippen molar-refractivity contribution < 1.29 is 11.0 Å². The molecule has 0 spiro atoms. The lowest BCUT2D eigenvalue weighted by atomic mass is 9.33. The Bertz CT molecular complexity index is 6650. The van der Waals surface area contributed by atoms with E-state index in [2.05, 4.69) is 362 Å². The van der Waals surface area contributed by atoms with E-state index in [0.29, 0.717) is 5.69 Å². The number of anilines is 6. The van der Waals surface area contributed by atoms with Crippen molar-refractivity contribution in [1.29, 1.82) is 0 Å². The fourth-order valence-electron chi connectivity index (χ4n) is 16.8. The van der Waals surface area contributed by atoms with Crippen LogP contribution in [0.4, 0.5) is 34.1 Å². The number of fused-ring (bicyclic) bond motifs is 10. The second kappa shape index (κ2) is 25.1. The van der Waals surface area contributed by atoms with E-state index in [1.165, 1.54) is 11.1 Å². The Morgan fingerprint density at radius 1 is 0.271 bits per heavy atom. The molecule has 4 heterocycles. The van der Waals surface area contributed by atoms with Crippen LogP contribution in [-0.4, -0.2) is 15.8 Å². The van der Waals surface area contributed by atoms with E-state index in [4.69, 9.17) is 2.74 Å². The molecule has 0 radical (unpaired) electrons. The molecule has 17 aromatic rings. The van der Waals surface area contributed by atoms with Crippen molar-refractivity contribution in [2.45, 2.75) is 78.6 Å². The lowest BCUT2D eigenvalue weighted by Crippen LogP contribution is -2.61. The Kier molecular flexibility index (Phi) is 13.4. The van der Waals surface area contributed by atoms with Gasteiger partial charge >= 0.3 is 0 Å². The third kappa shape index (κ3) is 11.0. The Hall–Kier alpha value is -12.4. The first-order valence-electron chi connectivity index (χ1n) is 41.2. The van der Waals surface area contributed by atoms with Gasteiger partial charge < -0.3 is 18.9 Å². The topological polar surface area (TPSA) is 16.3 Å². The number of aromatic nitrogens is 2. The molecule has 15 aromatic carbocycles. The molecule has 19 rings (SSSR count). The van der Waals surface area contributed by atoms with Crippen molar-refractivity contribution in [3.05, 3.63) is 356 Å². The summed E-state index contributed by atoms with van der Waals surface area (Å²) < 4.78 is 80.4. The molecule has 0 atom stereocenters. The van der Waals surface area contributed by atoms with E-state index in [0.717, 1.165) is 150 Å². The fourth-order valence-corrected chi connectivity index (χ4v) is 16.8. The third-order valence-corrected chi connectivity index (χ3v) is 22.1. The summed E-state index contributed by atoms with van der Waals surface area (Å²) in [6.45, 7) is 20.0. The lowest BCUT2D eigenvalue weighted by Gasteiger charge is -2.45. The van der Waals surface area contributed by atoms with E-state index in [-0.39, 0.29) is 50.1 Å². The molecule has 2 aliphatic heterocycles. The van der Waals surface area contributed by atoms with Crippen LogP contribution in [0.2, 0.25) is 0 Å². The van der Waals surface area contributed by atoms with Crippen LogP contribution < -0.4 is 26.2 Å². The molecule has 0 saturated heterocycles. The van der Waals surface area contributed by atoms with Crippen molar-refractivity contribution in [3.8, 4) is 78.1 Å². The smallest absolute Gasteiger partial charge is 0.252 e. The van der Waals surface area contributed by atoms with Gasteiger partial charge in [-0.2, -0.15) is 0 Å². The largest absolute Gasteiger partial charge is 0.311 e. The van der Waals surface area contributed by atoms with Gasteiger partial charge in [-0.05, 0) is 202 Å². The molecule has 0 amide bonds. The van der Waals surface area contributed by atoms with Crippen LogP contribution in [0.3, 0.4) is 0 Å². The minimum Gasteiger partial charge on any atom is -0.311 e. The zero-order chi connectivity index (χ0) is 79.6. The van der Waals surface area contributed by atoms with Gasteiger partial charge in [-0.25, -0.2) is 0 Å². The SMILES string of the molecule is [2H]c1c([2H])c([2H])c2c(c1[2H])c1c([2H])c([2H])c([2H])c([2H])c1n2-c1ccc2c(c1)N(c1c(-c3ccccc3)cc(C(C)(C)C)cc1-c1ccccc1)c1cc(-c3cccc4c3c3ccccc3n4-c3ccccc3)cc3c1B2c1cc(-c2cc(C(C)(C)C)cc(C(C)(C)C)c2)ccc1N3c1cc(-c2ccccc2)cc(-c2ccccc2)c1. The molecule has 0 N–H and O–H groups in total. The maximum absolute atomic E-state index is 9.97. The predicted molar refractivity (Wildman–Crippen MR) is 458 cm³/mol. The highest BCUT2D eigenvalue weighted by molar-refractivity contribution is 7.00. The number of nitrogens with zero attached hydrogens (tertiary/aromatic N) is 4. The van der Waals surface area contributed by atoms with Crippen LogP contribution in [0.5, 0.6) is 0 Å². The summed E-state index contributed by atoms with van der Waals surface area (Å²) in [5, 5.41) is 2.18. The first kappa shape index (κ1) is 57.0. The number of hydrogen-bond donors (Lipinski definition) is 0. The molecule has 4 nitrogen and oxygen atoms in total. The fraction of sp³-hybridized carbons (Fsp3) is 0.118. The summed E-state index contributed by atoms with van der Waals surface area (Å²) in [6, 6.07) is 102. The zero-order valence-electron chi connectivity index (χ0n) is 69.6. The Balaban J connectivity index is 1.03. The minimum atomic E-state index is -0.540. The van der Waals surface area contributed by atoms with Gasteiger partial charge in [0.2, 0.25) is 0 Å². The van der Waals surface area contributed by atoms with Crippen LogP contribution in [0.25, 0.3) is 122 Å². The van der Waals surface area contributed by atoms with E-state index in [1.807, 2.05) is 6.07 Å². The van der Waals surface area contributed by atoms with Crippen LogP contribution in [0, 0.1) is 0 Å². The van der Waals surface area contributed by atoms with Crippen LogP contribution >= 0.6 is 0 Å². The summed E-state index contributed by atoms with van der Waals surface area (Å²) in [6.07, 6.45) is 0. The number of rotatable bonds is 10. The van der Waals surface area contributed by atoms with E-state index < -0.39 is 43.0 Å². The first-order chi connectivity index (χ1) is 55.3. The van der Waals surface area contributed by atoms with Crippen LogP contribution in [-0.2, 0) is 16.2 Å². The zero-order valence-corrected chi connectivity index (χ0v) is 61.6. The minimum absolute atomic E-state index is 0.00577. The maximum atomic E-state index is 9.97. The molecule has 0 unspecified atom stereocenters. The molecule has 5 heteroatoms. The standard InChI is InChI=1S/C102H83BN4/c1-100(2,3)75-55-73(56-76(62-75)101(4,5)6)70-50-53-92-88(59-70)103-87-52-51-79(105-89-46-28-25-42-82(89)83-43-26-29-47-90(83)105)65-94(87)107(99-85(68-36-19-12-20-37-68)63-77(102(7,8)9)64-86(99)69-38-21-13-22-39-69)96-61-74(81-45-31-49-93-97(81)84-44-27-30-48-91(84)104(93)78-40-23-14-24-41-78)60-95(98(96)103)106(92)80-57-71(66-32-15-10-16-33-66)54-72(58-80)67-34-17-11-18-35-67/h10-65H,1-9H3/i25D,26D,28D,29D,42D,43D,46D,47D. The van der Waals surface area contributed by atoms with Crippen molar-refractivity contribution in [3.63, 3.8) is 0 Å². The summed E-state index contributed by atoms with van der Waals surface area (Å²) >= 11 is 0. The van der Waals surface area contributed by atoms with Gasteiger partial charge in [0.15, 0.2) is 0 Å². The normalized spacial score (nSPS) is 13.9. The molecule has 2 aromatic heterocycles. The molecular weight excluding hydrogens is 1290 g/mol. The van der Waals surface area contributed by atoms with Gasteiger partial charge in [-0.1, -0.05) is 305 Å². The van der Waals surface area contributed by atoms with E-state index >= 15 is 0 Å². The second-order valence-electron chi connectivity index (χ2n) is 31.9. The predicted octanol–water partition coefficient (Wildman–Crippen LogP) is 25.9. The van der Waals surface area contributed by atoms with Gasteiger partial charge in [0.25, 0.3) is 6.71 Å². The van der Waals surface area contributed by atoms with E-state index in [1.54, 1.807) is 4.57 Å². The number of hydrogen-bond acceptors (Lipinski definition) is 2. The van der Waals surface area contributed by atoms with Gasteiger partial charge in [0, 0.05) is 72.5 Å². The maximum Gasteiger partial charge on any atom is 0.252 e. The Morgan fingerprint density at radius 3 is 1.33 bits per heavy atom. The van der Waals surface area contributed by atoms with Gasteiger partial charge in [-0.3, -0.25) is 0 Å². The van der Waals surface area contributed by atoms with Crippen molar-refractivity contribution >= 4 is 101 Å². The molecule has 0 aliphatic carbocycles. The average molecular weight is 1380 g/mol.